The number of rotatable bonds is 3. The molecule has 1 fully saturated rings. The van der Waals surface area contributed by atoms with Gasteiger partial charge in [-0.2, -0.15) is 0 Å². The van der Waals surface area contributed by atoms with Crippen molar-refractivity contribution in [1.29, 1.82) is 0 Å². The average Bonchev–Trinajstić information content (AvgIpc) is 2.58. The topological polar surface area (TPSA) is 69.7 Å². The van der Waals surface area contributed by atoms with Crippen molar-refractivity contribution < 1.29 is 23.9 Å². The molecule has 5 heteroatoms. The molecule has 1 aliphatic rings. The molecule has 0 heterocycles. The summed E-state index contributed by atoms with van der Waals surface area (Å²) in [4.78, 5) is 35.0. The number of hydrogen-bond acceptors (Lipinski definition) is 5. The monoisotopic (exact) mass is 256 g/mol. The molecule has 1 atom stereocenters. The third kappa shape index (κ3) is 3.55. The fourth-order valence-corrected chi connectivity index (χ4v) is 2.06. The van der Waals surface area contributed by atoms with Crippen molar-refractivity contribution in [2.75, 3.05) is 7.11 Å². The lowest BCUT2D eigenvalue weighted by Crippen LogP contribution is -2.38. The number of ether oxygens (including phenoxy) is 2. The van der Waals surface area contributed by atoms with Crippen molar-refractivity contribution in [2.24, 2.45) is 5.41 Å². The number of ketones is 1. The molecule has 0 spiro atoms. The zero-order valence-electron chi connectivity index (χ0n) is 11.4. The average molecular weight is 256 g/mol. The van der Waals surface area contributed by atoms with Gasteiger partial charge in [-0.1, -0.05) is 0 Å². The molecule has 0 aromatic rings. The second-order valence-electron chi connectivity index (χ2n) is 5.75. The van der Waals surface area contributed by atoms with Crippen LogP contribution in [0.4, 0.5) is 0 Å². The van der Waals surface area contributed by atoms with Crippen molar-refractivity contribution in [2.45, 2.75) is 52.1 Å². The number of hydrogen-bond donors (Lipinski definition) is 0. The van der Waals surface area contributed by atoms with Crippen LogP contribution in [0.5, 0.6) is 0 Å². The Morgan fingerprint density at radius 3 is 2.33 bits per heavy atom. The minimum absolute atomic E-state index is 0.00948. The molecule has 1 unspecified atom stereocenters. The van der Waals surface area contributed by atoms with E-state index in [9.17, 15) is 14.4 Å². The van der Waals surface area contributed by atoms with Gasteiger partial charge in [0.1, 0.15) is 11.4 Å². The molecule has 1 saturated carbocycles. The van der Waals surface area contributed by atoms with Crippen LogP contribution < -0.4 is 0 Å². The molecule has 1 aliphatic carbocycles. The Morgan fingerprint density at radius 1 is 1.33 bits per heavy atom. The maximum Gasteiger partial charge on any atom is 0.313 e. The van der Waals surface area contributed by atoms with Gasteiger partial charge in [0.15, 0.2) is 0 Å². The van der Waals surface area contributed by atoms with Gasteiger partial charge >= 0.3 is 11.9 Å². The highest BCUT2D eigenvalue weighted by Gasteiger charge is 2.49. The van der Waals surface area contributed by atoms with E-state index in [-0.39, 0.29) is 18.6 Å². The van der Waals surface area contributed by atoms with E-state index in [1.54, 1.807) is 20.8 Å². The third-order valence-corrected chi connectivity index (χ3v) is 2.96. The summed E-state index contributed by atoms with van der Waals surface area (Å²) in [5, 5.41) is 0. The highest BCUT2D eigenvalue weighted by molar-refractivity contribution is 5.93. The fourth-order valence-electron chi connectivity index (χ4n) is 2.06. The van der Waals surface area contributed by atoms with E-state index < -0.39 is 23.0 Å². The van der Waals surface area contributed by atoms with Gasteiger partial charge in [0, 0.05) is 12.8 Å². The van der Waals surface area contributed by atoms with Crippen LogP contribution in [0.1, 0.15) is 46.5 Å². The fraction of sp³-hybridized carbons (Fsp3) is 0.769. The summed E-state index contributed by atoms with van der Waals surface area (Å²) in [6.07, 6.45) is 0.646. The van der Waals surface area contributed by atoms with Crippen molar-refractivity contribution in [1.82, 2.24) is 0 Å². The van der Waals surface area contributed by atoms with Gasteiger partial charge in [0.05, 0.1) is 18.9 Å². The molecule has 5 nitrogen and oxygen atoms in total. The van der Waals surface area contributed by atoms with Crippen LogP contribution in [-0.4, -0.2) is 30.4 Å². The van der Waals surface area contributed by atoms with Gasteiger partial charge in [-0.3, -0.25) is 14.4 Å². The Morgan fingerprint density at radius 2 is 1.94 bits per heavy atom. The van der Waals surface area contributed by atoms with Crippen LogP contribution in [0.25, 0.3) is 0 Å². The summed E-state index contributed by atoms with van der Waals surface area (Å²) in [6.45, 7) is 5.27. The minimum atomic E-state index is -1.03. The second kappa shape index (κ2) is 5.08. The van der Waals surface area contributed by atoms with Crippen LogP contribution in [0.2, 0.25) is 0 Å². The lowest BCUT2D eigenvalue weighted by Gasteiger charge is -2.29. The molecule has 102 valence electrons. The van der Waals surface area contributed by atoms with Crippen molar-refractivity contribution >= 4 is 17.7 Å². The lowest BCUT2D eigenvalue weighted by molar-refractivity contribution is -0.171. The van der Waals surface area contributed by atoms with E-state index in [2.05, 4.69) is 4.74 Å². The maximum absolute atomic E-state index is 12.2. The van der Waals surface area contributed by atoms with Crippen molar-refractivity contribution in [3.05, 3.63) is 0 Å². The quantitative estimate of drug-likeness (QED) is 0.718. The Hall–Kier alpha value is -1.39. The predicted molar refractivity (Wildman–Crippen MR) is 63.8 cm³/mol. The summed E-state index contributed by atoms with van der Waals surface area (Å²) >= 11 is 0. The first kappa shape index (κ1) is 14.7. The first-order valence-corrected chi connectivity index (χ1v) is 6.00. The van der Waals surface area contributed by atoms with Crippen LogP contribution in [-0.2, 0) is 23.9 Å². The van der Waals surface area contributed by atoms with E-state index in [4.69, 9.17) is 4.74 Å². The van der Waals surface area contributed by atoms with Crippen LogP contribution in [0, 0.1) is 5.41 Å². The van der Waals surface area contributed by atoms with E-state index in [1.807, 2.05) is 0 Å². The zero-order chi connectivity index (χ0) is 14.0. The van der Waals surface area contributed by atoms with Gasteiger partial charge in [0.25, 0.3) is 0 Å². The highest BCUT2D eigenvalue weighted by Crippen LogP contribution is 2.41. The molecule has 0 saturated heterocycles. The molecule has 0 radical (unpaired) electrons. The first-order chi connectivity index (χ1) is 8.18. The molecule has 18 heavy (non-hydrogen) atoms. The smallest absolute Gasteiger partial charge is 0.313 e. The van der Waals surface area contributed by atoms with Crippen LogP contribution in [0.15, 0.2) is 0 Å². The van der Waals surface area contributed by atoms with Gasteiger partial charge < -0.3 is 9.47 Å². The maximum atomic E-state index is 12.2. The van der Waals surface area contributed by atoms with E-state index in [0.717, 1.165) is 0 Å². The van der Waals surface area contributed by atoms with Gasteiger partial charge in [-0.15, -0.1) is 0 Å². The van der Waals surface area contributed by atoms with Crippen molar-refractivity contribution in [3.63, 3.8) is 0 Å². The molecule has 1 rings (SSSR count). The Balaban J connectivity index is 2.88. The Labute approximate surface area is 107 Å². The lowest BCUT2D eigenvalue weighted by atomic mass is 9.82. The summed E-state index contributed by atoms with van der Waals surface area (Å²) in [6, 6.07) is 0. The zero-order valence-corrected chi connectivity index (χ0v) is 11.4. The number of Topliss-reactive ketones (excluding diaryl/α,β-unsaturated/α-hetero) is 1. The van der Waals surface area contributed by atoms with E-state index in [0.29, 0.717) is 12.8 Å². The molecule has 0 aromatic heterocycles. The Bertz CT molecular complexity index is 366. The molecule has 0 amide bonds. The summed E-state index contributed by atoms with van der Waals surface area (Å²) in [5.41, 5.74) is -1.66. The second-order valence-corrected chi connectivity index (χ2v) is 5.75. The number of methoxy groups -OCH3 is 1. The van der Waals surface area contributed by atoms with Crippen LogP contribution in [0.3, 0.4) is 0 Å². The van der Waals surface area contributed by atoms with E-state index in [1.165, 1.54) is 7.11 Å². The van der Waals surface area contributed by atoms with Crippen molar-refractivity contribution in [3.8, 4) is 0 Å². The largest absolute Gasteiger partial charge is 0.469 e. The van der Waals surface area contributed by atoms with Crippen LogP contribution >= 0.6 is 0 Å². The number of esters is 2. The normalized spacial score (nSPS) is 23.9. The number of carbonyl (C=O) groups excluding carboxylic acids is 3. The summed E-state index contributed by atoms with van der Waals surface area (Å²) in [7, 11) is 1.27. The van der Waals surface area contributed by atoms with E-state index >= 15 is 0 Å². The number of carbonyl (C=O) groups is 3. The Kier molecular flexibility index (Phi) is 4.14. The summed E-state index contributed by atoms with van der Waals surface area (Å²) < 4.78 is 9.91. The molecular formula is C13H20O5. The minimum Gasteiger partial charge on any atom is -0.469 e. The molecule has 0 N–H and O–H groups in total. The van der Waals surface area contributed by atoms with Gasteiger partial charge in [-0.25, -0.2) is 0 Å². The highest BCUT2D eigenvalue weighted by atomic mass is 16.6. The molecule has 0 aliphatic heterocycles. The predicted octanol–water partition coefficient (Wildman–Crippen LogP) is 1.63. The van der Waals surface area contributed by atoms with Gasteiger partial charge in [0.2, 0.25) is 0 Å². The first-order valence-electron chi connectivity index (χ1n) is 6.00. The molecule has 0 bridgehead atoms. The molecule has 0 aromatic carbocycles. The molecular weight excluding hydrogens is 236 g/mol. The standard InChI is InChI=1S/C13H20O5/c1-12(2,3)18-11(16)13(8-10(15)17-4)6-5-9(14)7-13/h5-8H2,1-4H3. The third-order valence-electron chi connectivity index (χ3n) is 2.96. The SMILES string of the molecule is COC(=O)CC1(C(=O)OC(C)(C)C)CCC(=O)C1. The van der Waals surface area contributed by atoms with Gasteiger partial charge in [-0.05, 0) is 27.2 Å². The summed E-state index contributed by atoms with van der Waals surface area (Å²) in [5.74, 6) is -0.980.